The summed E-state index contributed by atoms with van der Waals surface area (Å²) in [6.45, 7) is 10.1. The molecule has 0 amide bonds. The van der Waals surface area contributed by atoms with E-state index in [1.165, 1.54) is 22.3 Å². The van der Waals surface area contributed by atoms with Crippen molar-refractivity contribution in [3.63, 3.8) is 0 Å². The largest absolute Gasteiger partial charge is 0.0985 e. The molecule has 0 saturated carbocycles. The van der Waals surface area contributed by atoms with Gasteiger partial charge in [0.05, 0.1) is 0 Å². The van der Waals surface area contributed by atoms with Crippen LogP contribution in [0.2, 0.25) is 0 Å². The first-order chi connectivity index (χ1) is 5.15. The van der Waals surface area contributed by atoms with Crippen molar-refractivity contribution in [1.82, 2.24) is 0 Å². The summed E-state index contributed by atoms with van der Waals surface area (Å²) in [5.74, 6) is 0. The van der Waals surface area contributed by atoms with E-state index < -0.39 is 0 Å². The molecule has 0 fully saturated rings. The molecule has 0 heteroatoms. The maximum Gasteiger partial charge on any atom is -0.0204 e. The fourth-order valence-electron chi connectivity index (χ4n) is 1.51. The average Bonchev–Trinajstić information content (AvgIpc) is 1.85. The lowest BCUT2D eigenvalue weighted by Gasteiger charge is -2.05. The number of hydrogen-bond donors (Lipinski definition) is 0. The van der Waals surface area contributed by atoms with Crippen LogP contribution in [0.5, 0.6) is 0 Å². The average molecular weight is 146 g/mol. The summed E-state index contributed by atoms with van der Waals surface area (Å²) in [5.41, 5.74) is 5.23. The molecule has 0 saturated heterocycles. The lowest BCUT2D eigenvalue weighted by atomic mass is 10.0. The van der Waals surface area contributed by atoms with Crippen LogP contribution in [0.4, 0.5) is 0 Å². The quantitative estimate of drug-likeness (QED) is 0.570. The van der Waals surface area contributed by atoms with Gasteiger partial charge in [-0.2, -0.15) is 0 Å². The Kier molecular flexibility index (Phi) is 2.13. The van der Waals surface area contributed by atoms with Crippen LogP contribution in [-0.2, 0) is 0 Å². The highest BCUT2D eigenvalue weighted by Crippen LogP contribution is 2.16. The lowest BCUT2D eigenvalue weighted by Crippen LogP contribution is -1.87. The van der Waals surface area contributed by atoms with E-state index in [1.807, 2.05) is 6.08 Å². The van der Waals surface area contributed by atoms with Crippen molar-refractivity contribution in [2.45, 2.75) is 20.8 Å². The summed E-state index contributed by atoms with van der Waals surface area (Å²) in [6.07, 6.45) is 1.92. The molecule has 1 aromatic carbocycles. The van der Waals surface area contributed by atoms with E-state index in [1.54, 1.807) is 0 Å². The fraction of sp³-hybridized carbons (Fsp3) is 0.273. The summed E-state index contributed by atoms with van der Waals surface area (Å²) in [6, 6.07) is 4.37. The SMILES string of the molecule is C=Cc1c(C)cc(C)cc1C. The van der Waals surface area contributed by atoms with Gasteiger partial charge in [-0.1, -0.05) is 30.4 Å². The minimum Gasteiger partial charge on any atom is -0.0985 e. The smallest absolute Gasteiger partial charge is 0.0204 e. The van der Waals surface area contributed by atoms with Crippen molar-refractivity contribution < 1.29 is 0 Å². The fourth-order valence-corrected chi connectivity index (χ4v) is 1.51. The van der Waals surface area contributed by atoms with Crippen molar-refractivity contribution in [3.8, 4) is 0 Å². The predicted molar refractivity (Wildman–Crippen MR) is 50.7 cm³/mol. The Morgan fingerprint density at radius 1 is 1.09 bits per heavy atom. The van der Waals surface area contributed by atoms with Gasteiger partial charge in [0.15, 0.2) is 0 Å². The third-order valence-corrected chi connectivity index (χ3v) is 1.94. The van der Waals surface area contributed by atoms with Crippen LogP contribution in [0.25, 0.3) is 6.08 Å². The molecule has 1 aromatic rings. The second-order valence-corrected chi connectivity index (χ2v) is 3.02. The highest BCUT2D eigenvalue weighted by molar-refractivity contribution is 5.56. The number of rotatable bonds is 1. The lowest BCUT2D eigenvalue weighted by molar-refractivity contribution is 1.30. The Bertz CT molecular complexity index is 259. The van der Waals surface area contributed by atoms with Crippen molar-refractivity contribution >= 4 is 6.08 Å². The number of aryl methyl sites for hydroxylation is 3. The monoisotopic (exact) mass is 146 g/mol. The standard InChI is InChI=1S/C11H14/c1-5-11-9(3)6-8(2)7-10(11)4/h5-7H,1H2,2-4H3. The molecule has 1 rings (SSSR count). The van der Waals surface area contributed by atoms with Crippen LogP contribution in [0.1, 0.15) is 22.3 Å². The molecule has 0 spiro atoms. The van der Waals surface area contributed by atoms with Gasteiger partial charge >= 0.3 is 0 Å². The molecule has 0 N–H and O–H groups in total. The van der Waals surface area contributed by atoms with Gasteiger partial charge in [0.25, 0.3) is 0 Å². The van der Waals surface area contributed by atoms with E-state index in [2.05, 4.69) is 39.5 Å². The molecule has 0 aliphatic carbocycles. The van der Waals surface area contributed by atoms with Crippen molar-refractivity contribution in [1.29, 1.82) is 0 Å². The van der Waals surface area contributed by atoms with Crippen molar-refractivity contribution in [3.05, 3.63) is 41.0 Å². The Hall–Kier alpha value is -1.04. The molecular formula is C11H14. The van der Waals surface area contributed by atoms with Crippen LogP contribution >= 0.6 is 0 Å². The van der Waals surface area contributed by atoms with Gasteiger partial charge in [0.2, 0.25) is 0 Å². The third-order valence-electron chi connectivity index (χ3n) is 1.94. The third kappa shape index (κ3) is 1.51. The highest BCUT2D eigenvalue weighted by atomic mass is 14.0. The zero-order valence-corrected chi connectivity index (χ0v) is 7.44. The molecule has 0 bridgehead atoms. The first-order valence-electron chi connectivity index (χ1n) is 3.85. The summed E-state index contributed by atoms with van der Waals surface area (Å²) in [4.78, 5) is 0. The molecule has 0 aliphatic rings. The Morgan fingerprint density at radius 2 is 1.55 bits per heavy atom. The zero-order valence-electron chi connectivity index (χ0n) is 7.44. The van der Waals surface area contributed by atoms with E-state index in [-0.39, 0.29) is 0 Å². The molecule has 0 aliphatic heterocycles. The maximum absolute atomic E-state index is 3.78. The summed E-state index contributed by atoms with van der Waals surface area (Å²) in [5, 5.41) is 0. The summed E-state index contributed by atoms with van der Waals surface area (Å²) < 4.78 is 0. The van der Waals surface area contributed by atoms with Gasteiger partial charge in [0, 0.05) is 0 Å². The molecule has 0 nitrogen and oxygen atoms in total. The summed E-state index contributed by atoms with van der Waals surface area (Å²) >= 11 is 0. The Morgan fingerprint density at radius 3 is 1.91 bits per heavy atom. The number of benzene rings is 1. The van der Waals surface area contributed by atoms with Crippen molar-refractivity contribution in [2.24, 2.45) is 0 Å². The highest BCUT2D eigenvalue weighted by Gasteiger charge is 1.97. The van der Waals surface area contributed by atoms with E-state index in [4.69, 9.17) is 0 Å². The van der Waals surface area contributed by atoms with Crippen LogP contribution in [0.3, 0.4) is 0 Å². The van der Waals surface area contributed by atoms with Gasteiger partial charge in [-0.15, -0.1) is 0 Å². The number of hydrogen-bond acceptors (Lipinski definition) is 0. The first kappa shape index (κ1) is 8.06. The second kappa shape index (κ2) is 2.91. The molecule has 58 valence electrons. The molecular weight excluding hydrogens is 132 g/mol. The van der Waals surface area contributed by atoms with Gasteiger partial charge in [0.1, 0.15) is 0 Å². The van der Waals surface area contributed by atoms with Crippen LogP contribution in [0, 0.1) is 20.8 Å². The molecule has 0 unspecified atom stereocenters. The van der Waals surface area contributed by atoms with Gasteiger partial charge in [-0.3, -0.25) is 0 Å². The Labute approximate surface area is 68.6 Å². The normalized spacial score (nSPS) is 9.73. The molecule has 0 radical (unpaired) electrons. The predicted octanol–water partition coefficient (Wildman–Crippen LogP) is 3.25. The van der Waals surface area contributed by atoms with Crippen molar-refractivity contribution in [2.75, 3.05) is 0 Å². The molecule has 0 atom stereocenters. The topological polar surface area (TPSA) is 0 Å². The first-order valence-corrected chi connectivity index (χ1v) is 3.85. The minimum absolute atomic E-state index is 1.27. The zero-order chi connectivity index (χ0) is 8.43. The van der Waals surface area contributed by atoms with Crippen LogP contribution in [-0.4, -0.2) is 0 Å². The van der Waals surface area contributed by atoms with E-state index in [0.717, 1.165) is 0 Å². The van der Waals surface area contributed by atoms with Crippen LogP contribution < -0.4 is 0 Å². The Balaban J connectivity index is 3.36. The molecule has 11 heavy (non-hydrogen) atoms. The second-order valence-electron chi connectivity index (χ2n) is 3.02. The minimum atomic E-state index is 1.27. The van der Waals surface area contributed by atoms with Gasteiger partial charge < -0.3 is 0 Å². The van der Waals surface area contributed by atoms with Gasteiger partial charge in [-0.25, -0.2) is 0 Å². The van der Waals surface area contributed by atoms with E-state index in [9.17, 15) is 0 Å². The van der Waals surface area contributed by atoms with E-state index in [0.29, 0.717) is 0 Å². The van der Waals surface area contributed by atoms with E-state index >= 15 is 0 Å². The maximum atomic E-state index is 3.78. The molecule has 0 aromatic heterocycles. The van der Waals surface area contributed by atoms with Crippen LogP contribution in [0.15, 0.2) is 18.7 Å². The molecule has 0 heterocycles. The summed E-state index contributed by atoms with van der Waals surface area (Å²) in [7, 11) is 0. The van der Waals surface area contributed by atoms with Gasteiger partial charge in [-0.05, 0) is 37.5 Å².